The van der Waals surface area contributed by atoms with E-state index in [1.165, 1.54) is 36.4 Å². The molecule has 0 N–H and O–H groups in total. The fourth-order valence-electron chi connectivity index (χ4n) is 7.46. The van der Waals surface area contributed by atoms with Crippen molar-refractivity contribution in [1.29, 1.82) is 0 Å². The Morgan fingerprint density at radius 3 is 1.46 bits per heavy atom. The highest BCUT2D eigenvalue weighted by molar-refractivity contribution is 5.91. The Hall–Kier alpha value is -6.21. The third-order valence-corrected chi connectivity index (χ3v) is 10.5. The average molecular weight is 935 g/mol. The lowest BCUT2D eigenvalue weighted by molar-refractivity contribution is -0.247. The van der Waals surface area contributed by atoms with Crippen LogP contribution >= 0.6 is 0 Å². The van der Waals surface area contributed by atoms with E-state index in [0.717, 1.165) is 59.8 Å². The molecule has 0 aliphatic carbocycles. The van der Waals surface area contributed by atoms with Gasteiger partial charge in [-0.15, -0.1) is 0 Å². The third kappa shape index (κ3) is 15.7. The van der Waals surface area contributed by atoms with Crippen molar-refractivity contribution in [3.05, 3.63) is 108 Å². The lowest BCUT2D eigenvalue weighted by atomic mass is 10.0. The largest absolute Gasteiger partial charge is 0.462 e. The Morgan fingerprint density at radius 1 is 0.478 bits per heavy atom. The van der Waals surface area contributed by atoms with Gasteiger partial charge in [-0.3, -0.25) is 19.2 Å². The van der Waals surface area contributed by atoms with Crippen molar-refractivity contribution < 1.29 is 85.7 Å². The van der Waals surface area contributed by atoms with E-state index < -0.39 is 116 Å². The molecule has 18 nitrogen and oxygen atoms in total. The molecule has 362 valence electrons. The number of hydrogen-bond donors (Lipinski definition) is 0. The first-order valence-electron chi connectivity index (χ1n) is 22.2. The second-order valence-corrected chi connectivity index (χ2v) is 15.8. The summed E-state index contributed by atoms with van der Waals surface area (Å²) in [6, 6.07) is 24.1. The Labute approximate surface area is 388 Å². The van der Waals surface area contributed by atoms with E-state index in [9.17, 15) is 33.6 Å². The maximum absolute atomic E-state index is 14.0. The first-order chi connectivity index (χ1) is 32.2. The van der Waals surface area contributed by atoms with Crippen molar-refractivity contribution in [2.45, 2.75) is 135 Å². The number of carbonyl (C=O) groups is 7. The molecule has 67 heavy (non-hydrogen) atoms. The molecule has 2 aliphatic heterocycles. The van der Waals surface area contributed by atoms with Crippen LogP contribution in [0.4, 0.5) is 0 Å². The predicted octanol–water partition coefficient (Wildman–Crippen LogP) is 5.86. The smallest absolute Gasteiger partial charge is 0.338 e. The fraction of sp³-hybridized carbons (Fsp3) is 0.490. The van der Waals surface area contributed by atoms with Crippen LogP contribution in [0.5, 0.6) is 0 Å². The summed E-state index contributed by atoms with van der Waals surface area (Å²) in [4.78, 5) is 91.0. The van der Waals surface area contributed by atoms with Gasteiger partial charge < -0.3 is 52.1 Å². The van der Waals surface area contributed by atoms with Gasteiger partial charge in [-0.05, 0) is 42.8 Å². The summed E-state index contributed by atoms with van der Waals surface area (Å²) in [7, 11) is 0. The predicted molar refractivity (Wildman–Crippen MR) is 233 cm³/mol. The van der Waals surface area contributed by atoms with Crippen LogP contribution in [0.15, 0.2) is 91.0 Å². The Balaban J connectivity index is 1.59. The van der Waals surface area contributed by atoms with Crippen LogP contribution in [0.3, 0.4) is 0 Å². The Kier molecular flexibility index (Phi) is 20.3. The molecular formula is C49H58O18. The first-order valence-corrected chi connectivity index (χ1v) is 22.2. The van der Waals surface area contributed by atoms with Gasteiger partial charge in [-0.2, -0.15) is 0 Å². The zero-order valence-corrected chi connectivity index (χ0v) is 38.1. The Bertz CT molecular complexity index is 2080. The summed E-state index contributed by atoms with van der Waals surface area (Å²) in [5, 5.41) is 0. The topological polar surface area (TPSA) is 221 Å². The summed E-state index contributed by atoms with van der Waals surface area (Å²) in [6.07, 6.45) is -9.81. The Morgan fingerprint density at radius 2 is 0.925 bits per heavy atom. The minimum atomic E-state index is -1.75. The molecule has 2 heterocycles. The molecule has 0 saturated carbocycles. The molecule has 3 aromatic rings. The molecule has 5 rings (SSSR count). The molecule has 18 heteroatoms. The molecule has 2 saturated heterocycles. The van der Waals surface area contributed by atoms with E-state index in [1.54, 1.807) is 54.6 Å². The number of esters is 7. The van der Waals surface area contributed by atoms with Crippen molar-refractivity contribution in [2.24, 2.45) is 0 Å². The lowest BCUT2D eigenvalue weighted by Gasteiger charge is -2.31. The number of hydrogen-bond acceptors (Lipinski definition) is 18. The number of unbranched alkanes of at least 4 members (excludes halogenated alkanes) is 5. The van der Waals surface area contributed by atoms with Gasteiger partial charge >= 0.3 is 41.8 Å². The average Bonchev–Trinajstić information content (AvgIpc) is 3.81. The van der Waals surface area contributed by atoms with Gasteiger partial charge in [-0.25, -0.2) is 14.4 Å². The van der Waals surface area contributed by atoms with Crippen molar-refractivity contribution in [3.63, 3.8) is 0 Å². The van der Waals surface area contributed by atoms with Gasteiger partial charge in [0, 0.05) is 34.3 Å². The number of carbonyl (C=O) groups excluding carboxylic acids is 7. The summed E-state index contributed by atoms with van der Waals surface area (Å²) < 4.78 is 65.7. The van der Waals surface area contributed by atoms with E-state index in [0.29, 0.717) is 6.42 Å². The van der Waals surface area contributed by atoms with E-state index in [1.807, 2.05) is 0 Å². The molecule has 0 bridgehead atoms. The molecule has 0 unspecified atom stereocenters. The van der Waals surface area contributed by atoms with Gasteiger partial charge in [0.2, 0.25) is 0 Å². The van der Waals surface area contributed by atoms with Crippen molar-refractivity contribution in [2.75, 3.05) is 19.8 Å². The van der Waals surface area contributed by atoms with Gasteiger partial charge in [0.25, 0.3) is 0 Å². The summed E-state index contributed by atoms with van der Waals surface area (Å²) in [5.41, 5.74) is 0.458. The molecular weight excluding hydrogens is 877 g/mol. The second kappa shape index (κ2) is 26.2. The van der Waals surface area contributed by atoms with Gasteiger partial charge in [0.05, 0.1) is 16.7 Å². The molecule has 2 fully saturated rings. The van der Waals surface area contributed by atoms with Crippen LogP contribution in [0, 0.1) is 0 Å². The van der Waals surface area contributed by atoms with Crippen LogP contribution in [0.25, 0.3) is 0 Å². The lowest BCUT2D eigenvalue weighted by Crippen LogP contribution is -2.50. The molecule has 10 atom stereocenters. The second-order valence-electron chi connectivity index (χ2n) is 15.8. The maximum Gasteiger partial charge on any atom is 0.338 e. The van der Waals surface area contributed by atoms with E-state index in [2.05, 4.69) is 6.92 Å². The minimum Gasteiger partial charge on any atom is -0.462 e. The van der Waals surface area contributed by atoms with Gasteiger partial charge in [0.15, 0.2) is 43.1 Å². The quantitative estimate of drug-likeness (QED) is 0.0583. The SMILES string of the molecule is CCCCCCCCO[C@@H]1O[C@@H]([C@@H](COC(=O)c2ccccc2)O[C@@H]2O[C@@H]([C@@H](COC(C)=O)OC(C)=O)[C@H](OC(C)=O)[C@H]2OC(C)=O)[C@H](OC(=O)c2ccccc2)[C@H]1OC(=O)c1ccccc1. The molecule has 3 aromatic carbocycles. The maximum atomic E-state index is 14.0. The molecule has 0 amide bonds. The zero-order valence-electron chi connectivity index (χ0n) is 38.1. The molecule has 0 aromatic heterocycles. The number of ether oxygens (including phenoxy) is 11. The van der Waals surface area contributed by atoms with Crippen LogP contribution in [0.1, 0.15) is 104 Å². The monoisotopic (exact) mass is 934 g/mol. The highest BCUT2D eigenvalue weighted by atomic mass is 16.8. The van der Waals surface area contributed by atoms with Gasteiger partial charge in [0.1, 0.15) is 31.5 Å². The van der Waals surface area contributed by atoms with Crippen LogP contribution in [-0.4, -0.2) is 123 Å². The summed E-state index contributed by atoms with van der Waals surface area (Å²) in [5.74, 6) is -5.76. The van der Waals surface area contributed by atoms with Gasteiger partial charge in [-0.1, -0.05) is 93.6 Å². The van der Waals surface area contributed by atoms with Crippen molar-refractivity contribution >= 4 is 41.8 Å². The summed E-state index contributed by atoms with van der Waals surface area (Å²) in [6.45, 7) is 5.38. The van der Waals surface area contributed by atoms with Crippen LogP contribution < -0.4 is 0 Å². The molecule has 2 aliphatic rings. The van der Waals surface area contributed by atoms with E-state index in [-0.39, 0.29) is 23.3 Å². The number of rotatable bonds is 24. The minimum absolute atomic E-state index is 0.129. The first kappa shape index (κ1) is 51.8. The van der Waals surface area contributed by atoms with Crippen molar-refractivity contribution in [1.82, 2.24) is 0 Å². The standard InChI is InChI=1S/C49H58O18/c1-6-7-8-9-10-20-27-57-48-43(65-47(56)36-25-18-13-19-26-36)42(64-46(55)35-23-16-12-17-24-35)40(66-48)38(29-59-45(54)34-21-14-11-15-22-34)63-49-44(62-33(5)53)41(61-32(4)52)39(67-49)37(60-31(3)51)28-58-30(2)50/h11-19,21-26,37-44,48-49H,6-10,20,27-29H2,1-5H3/t37-,38-,39+,40+,41+,42+,43-,44-,48-,49-/m1/s1. The fourth-order valence-corrected chi connectivity index (χ4v) is 7.46. The highest BCUT2D eigenvalue weighted by Crippen LogP contribution is 2.37. The third-order valence-electron chi connectivity index (χ3n) is 10.5. The zero-order chi connectivity index (χ0) is 48.3. The van der Waals surface area contributed by atoms with Crippen LogP contribution in [0.2, 0.25) is 0 Å². The van der Waals surface area contributed by atoms with E-state index >= 15 is 0 Å². The van der Waals surface area contributed by atoms with Crippen molar-refractivity contribution in [3.8, 4) is 0 Å². The number of benzene rings is 3. The molecule has 0 radical (unpaired) electrons. The van der Waals surface area contributed by atoms with E-state index in [4.69, 9.17) is 52.1 Å². The van der Waals surface area contributed by atoms with Crippen LogP contribution in [-0.2, 0) is 71.3 Å². The molecule has 0 spiro atoms. The highest BCUT2D eigenvalue weighted by Gasteiger charge is 2.58. The normalized spacial score (nSPS) is 22.9. The summed E-state index contributed by atoms with van der Waals surface area (Å²) >= 11 is 0.